The highest BCUT2D eigenvalue weighted by Crippen LogP contribution is 2.07. The van der Waals surface area contributed by atoms with Crippen molar-refractivity contribution in [2.45, 2.75) is 84.0 Å². The second-order valence-electron chi connectivity index (χ2n) is 6.84. The van der Waals surface area contributed by atoms with Gasteiger partial charge in [0.15, 0.2) is 0 Å². The van der Waals surface area contributed by atoms with Crippen molar-refractivity contribution in [2.75, 3.05) is 13.1 Å². The molecule has 0 saturated carbocycles. The number of carbonyl (C=O) groups is 1. The van der Waals surface area contributed by atoms with Crippen LogP contribution in [0.1, 0.15) is 83.4 Å². The molecule has 1 rings (SSSR count). The summed E-state index contributed by atoms with van der Waals surface area (Å²) < 4.78 is 4.90. The van der Waals surface area contributed by atoms with Crippen LogP contribution in [0.25, 0.3) is 0 Å². The molecule has 0 atom stereocenters. The summed E-state index contributed by atoms with van der Waals surface area (Å²) >= 11 is 4.82. The van der Waals surface area contributed by atoms with E-state index in [9.17, 15) is 4.79 Å². The predicted molar refractivity (Wildman–Crippen MR) is 112 cm³/mol. The Balaban J connectivity index is 1.81. The second-order valence-corrected chi connectivity index (χ2v) is 7.19. The third-order valence-corrected chi connectivity index (χ3v) is 4.51. The van der Waals surface area contributed by atoms with Crippen LogP contribution in [-0.2, 0) is 6.42 Å². The first-order valence-corrected chi connectivity index (χ1v) is 10.8. The number of allylic oxidation sites excluding steroid dienone is 2. The van der Waals surface area contributed by atoms with Crippen LogP contribution in [0.15, 0.2) is 16.7 Å². The van der Waals surface area contributed by atoms with Gasteiger partial charge in [-0.15, -0.1) is 0 Å². The lowest BCUT2D eigenvalue weighted by Crippen LogP contribution is -2.36. The van der Waals surface area contributed by atoms with Crippen molar-refractivity contribution >= 4 is 18.2 Å². The van der Waals surface area contributed by atoms with Crippen molar-refractivity contribution in [3.63, 3.8) is 0 Å². The lowest BCUT2D eigenvalue weighted by atomic mass is 10.1. The van der Waals surface area contributed by atoms with E-state index in [0.29, 0.717) is 0 Å². The molecule has 2 amide bonds. The summed E-state index contributed by atoms with van der Waals surface area (Å²) in [7, 11) is 0. The van der Waals surface area contributed by atoms with E-state index in [4.69, 9.17) is 16.7 Å². The number of aromatic amines is 1. The van der Waals surface area contributed by atoms with Crippen LogP contribution in [0, 0.1) is 4.84 Å². The number of hydrogen-bond acceptors (Lipinski definition) is 4. The van der Waals surface area contributed by atoms with Crippen molar-refractivity contribution < 1.29 is 9.32 Å². The lowest BCUT2D eigenvalue weighted by Gasteiger charge is -2.06. The Bertz CT molecular complexity index is 568. The number of nitrogens with zero attached hydrogens (tertiary/aromatic N) is 1. The van der Waals surface area contributed by atoms with Gasteiger partial charge in [0.1, 0.15) is 5.82 Å². The molecule has 1 aromatic rings. The highest BCUT2D eigenvalue weighted by molar-refractivity contribution is 7.71. The van der Waals surface area contributed by atoms with Gasteiger partial charge in [0.25, 0.3) is 0 Å². The number of H-pyrrole nitrogens is 1. The molecule has 0 fully saturated rings. The number of urea groups is 1. The zero-order valence-corrected chi connectivity index (χ0v) is 17.5. The molecule has 7 heteroatoms. The first-order chi connectivity index (χ1) is 13.2. The van der Waals surface area contributed by atoms with E-state index >= 15 is 0 Å². The first kappa shape index (κ1) is 23.4. The molecule has 1 heterocycles. The van der Waals surface area contributed by atoms with Gasteiger partial charge in [-0.3, -0.25) is 0 Å². The Labute approximate surface area is 168 Å². The fourth-order valence-electron chi connectivity index (χ4n) is 2.74. The topological polar surface area (TPSA) is 82.9 Å². The monoisotopic (exact) mass is 396 g/mol. The van der Waals surface area contributed by atoms with Gasteiger partial charge >= 0.3 is 10.9 Å². The molecule has 27 heavy (non-hydrogen) atoms. The number of carbonyl (C=O) groups excluding carboxylic acids is 1. The number of unbranched alkanes of at least 4 members (excludes halogenated alkanes) is 8. The Morgan fingerprint density at radius 2 is 1.63 bits per heavy atom. The molecule has 3 N–H and O–H groups in total. The van der Waals surface area contributed by atoms with Crippen LogP contribution < -0.4 is 10.6 Å². The first-order valence-electron chi connectivity index (χ1n) is 10.4. The third kappa shape index (κ3) is 14.1. The maximum absolute atomic E-state index is 11.5. The van der Waals surface area contributed by atoms with E-state index in [1.54, 1.807) is 0 Å². The average molecular weight is 397 g/mol. The van der Waals surface area contributed by atoms with Gasteiger partial charge in [-0.05, 0) is 57.2 Å². The van der Waals surface area contributed by atoms with E-state index in [-0.39, 0.29) is 10.9 Å². The number of nitrogens with one attached hydrogen (secondary N) is 3. The Hall–Kier alpha value is -1.63. The van der Waals surface area contributed by atoms with Crippen molar-refractivity contribution in [1.82, 2.24) is 20.8 Å². The molecule has 0 aliphatic carbocycles. The summed E-state index contributed by atoms with van der Waals surface area (Å²) in [6.07, 6.45) is 18.0. The molecule has 0 aromatic carbocycles. The second kappa shape index (κ2) is 16.5. The highest BCUT2D eigenvalue weighted by atomic mass is 32.1. The zero-order valence-electron chi connectivity index (χ0n) is 16.7. The largest absolute Gasteiger partial charge is 0.348 e. The predicted octanol–water partition coefficient (Wildman–Crippen LogP) is 5.44. The third-order valence-electron chi connectivity index (χ3n) is 4.33. The van der Waals surface area contributed by atoms with E-state index in [1.165, 1.54) is 32.1 Å². The summed E-state index contributed by atoms with van der Waals surface area (Å²) in [5.74, 6) is 0.850. The molecule has 0 aliphatic heterocycles. The van der Waals surface area contributed by atoms with E-state index < -0.39 is 0 Å². The smallest absolute Gasteiger partial charge is 0.314 e. The average Bonchev–Trinajstić information content (AvgIpc) is 3.08. The minimum Gasteiger partial charge on any atom is -0.348 e. The standard InChI is InChI=1S/C20H36N4O2S/c1-2-3-13-16-21-19(25)22-17-14-11-9-7-5-4-6-8-10-12-15-18-23-20(27)26-24-18/h5,7H,2-4,6,8-17H2,1H3,(H2,21,22,25)(H,23,24,27)/b7-5-. The van der Waals surface area contributed by atoms with Gasteiger partial charge in [0, 0.05) is 19.5 Å². The quantitative estimate of drug-likeness (QED) is 0.197. The normalized spacial score (nSPS) is 11.1. The molecule has 0 saturated heterocycles. The minimum atomic E-state index is -0.0346. The van der Waals surface area contributed by atoms with Crippen LogP contribution in [0.3, 0.4) is 0 Å². The van der Waals surface area contributed by atoms with Gasteiger partial charge < -0.3 is 15.2 Å². The number of amides is 2. The van der Waals surface area contributed by atoms with Crippen LogP contribution in [-0.4, -0.2) is 29.3 Å². The molecular formula is C20H36N4O2S. The number of rotatable bonds is 16. The molecule has 1 aromatic heterocycles. The van der Waals surface area contributed by atoms with Crippen molar-refractivity contribution in [3.8, 4) is 0 Å². The van der Waals surface area contributed by atoms with Crippen LogP contribution in [0.2, 0.25) is 0 Å². The van der Waals surface area contributed by atoms with Crippen molar-refractivity contribution in [1.29, 1.82) is 0 Å². The lowest BCUT2D eigenvalue weighted by molar-refractivity contribution is 0.240. The van der Waals surface area contributed by atoms with Gasteiger partial charge in [0.2, 0.25) is 0 Å². The van der Waals surface area contributed by atoms with Crippen LogP contribution >= 0.6 is 12.2 Å². The number of aryl methyl sites for hydroxylation is 1. The molecule has 154 valence electrons. The maximum atomic E-state index is 11.5. The van der Waals surface area contributed by atoms with E-state index in [0.717, 1.165) is 63.9 Å². The fourth-order valence-corrected chi connectivity index (χ4v) is 2.89. The SMILES string of the molecule is CCCCCNC(=O)NCCCC/C=C\CCCCCCc1nc(=S)o[nH]1. The van der Waals surface area contributed by atoms with Crippen LogP contribution in [0.5, 0.6) is 0 Å². The van der Waals surface area contributed by atoms with Gasteiger partial charge in [-0.2, -0.15) is 4.98 Å². The van der Waals surface area contributed by atoms with Crippen molar-refractivity contribution in [3.05, 3.63) is 22.8 Å². The number of aromatic nitrogens is 2. The Morgan fingerprint density at radius 1 is 1.00 bits per heavy atom. The minimum absolute atomic E-state index is 0.0346. The summed E-state index contributed by atoms with van der Waals surface area (Å²) in [5.41, 5.74) is 0. The van der Waals surface area contributed by atoms with E-state index in [1.807, 2.05) is 0 Å². The summed E-state index contributed by atoms with van der Waals surface area (Å²) in [5, 5.41) is 8.54. The molecule has 0 bridgehead atoms. The molecule has 0 radical (unpaired) electrons. The maximum Gasteiger partial charge on any atom is 0.314 e. The van der Waals surface area contributed by atoms with Crippen LogP contribution in [0.4, 0.5) is 4.79 Å². The fraction of sp³-hybridized carbons (Fsp3) is 0.750. The number of hydrogen-bond donors (Lipinski definition) is 3. The Kier molecular flexibility index (Phi) is 14.3. The summed E-state index contributed by atoms with van der Waals surface area (Å²) in [6.45, 7) is 3.69. The summed E-state index contributed by atoms with van der Waals surface area (Å²) in [6, 6.07) is -0.0346. The van der Waals surface area contributed by atoms with Gasteiger partial charge in [-0.25, -0.2) is 9.95 Å². The Morgan fingerprint density at radius 3 is 2.26 bits per heavy atom. The van der Waals surface area contributed by atoms with Gasteiger partial charge in [-0.1, -0.05) is 44.8 Å². The highest BCUT2D eigenvalue weighted by Gasteiger charge is 1.98. The molecule has 0 aliphatic rings. The molecular weight excluding hydrogens is 360 g/mol. The molecule has 0 spiro atoms. The van der Waals surface area contributed by atoms with E-state index in [2.05, 4.69) is 39.8 Å². The molecule has 6 nitrogen and oxygen atoms in total. The zero-order chi connectivity index (χ0) is 19.6. The summed E-state index contributed by atoms with van der Waals surface area (Å²) in [4.78, 5) is 15.9. The molecule has 0 unspecified atom stereocenters. The van der Waals surface area contributed by atoms with Gasteiger partial charge in [0.05, 0.1) is 0 Å². The van der Waals surface area contributed by atoms with Crippen molar-refractivity contribution in [2.24, 2.45) is 0 Å².